The number of nitrogens with zero attached hydrogens (tertiary/aromatic N) is 1. The van der Waals surface area contributed by atoms with E-state index in [1.807, 2.05) is 6.07 Å². The first-order chi connectivity index (χ1) is 11.4. The van der Waals surface area contributed by atoms with Crippen LogP contribution >= 0.6 is 0 Å². The third kappa shape index (κ3) is 4.15. The average molecular weight is 335 g/mol. The third-order valence-electron chi connectivity index (χ3n) is 3.83. The van der Waals surface area contributed by atoms with E-state index in [2.05, 4.69) is 10.6 Å². The van der Waals surface area contributed by atoms with Crippen LogP contribution in [0.1, 0.15) is 18.4 Å². The smallest absolute Gasteiger partial charge is 0.322 e. The summed E-state index contributed by atoms with van der Waals surface area (Å²) >= 11 is 0. The highest BCUT2D eigenvalue weighted by atomic mass is 16.5. The summed E-state index contributed by atoms with van der Waals surface area (Å²) in [5.74, 6) is 0.790. The van der Waals surface area contributed by atoms with Gasteiger partial charge in [-0.1, -0.05) is 0 Å². The van der Waals surface area contributed by atoms with Crippen LogP contribution in [0.4, 0.5) is 4.79 Å². The number of rotatable bonds is 7. The molecule has 24 heavy (non-hydrogen) atoms. The molecule has 1 aromatic carbocycles. The molecule has 130 valence electrons. The molecule has 8 nitrogen and oxygen atoms in total. The van der Waals surface area contributed by atoms with Crippen molar-refractivity contribution in [2.24, 2.45) is 0 Å². The zero-order chi connectivity index (χ0) is 17.7. The van der Waals surface area contributed by atoms with Crippen molar-refractivity contribution in [3.05, 3.63) is 23.8 Å². The monoisotopic (exact) mass is 335 g/mol. The fraction of sp³-hybridized carbons (Fsp3) is 0.438. The Morgan fingerprint density at radius 1 is 1.25 bits per heavy atom. The maximum absolute atomic E-state index is 12.2. The second-order valence-electron chi connectivity index (χ2n) is 5.48. The lowest BCUT2D eigenvalue weighted by molar-refractivity contribution is -0.130. The third-order valence-corrected chi connectivity index (χ3v) is 3.83. The summed E-state index contributed by atoms with van der Waals surface area (Å²) < 4.78 is 10.5. The standard InChI is InChI=1S/C16H21N3O5/c1-19(9-10-4-5-11(23-2)8-13(10)24-3)14(20)7-6-12-15(21)18-16(22)17-12/h4-5,8,12H,6-7,9H2,1-3H3,(H2,17,18,21,22). The van der Waals surface area contributed by atoms with Crippen LogP contribution in [0.2, 0.25) is 0 Å². The van der Waals surface area contributed by atoms with Gasteiger partial charge in [0.15, 0.2) is 0 Å². The predicted molar refractivity (Wildman–Crippen MR) is 85.7 cm³/mol. The van der Waals surface area contributed by atoms with Crippen molar-refractivity contribution in [1.82, 2.24) is 15.5 Å². The van der Waals surface area contributed by atoms with Gasteiger partial charge in [-0.05, 0) is 18.6 Å². The molecule has 4 amide bonds. The molecule has 1 saturated heterocycles. The molecule has 0 saturated carbocycles. The second-order valence-corrected chi connectivity index (χ2v) is 5.48. The van der Waals surface area contributed by atoms with E-state index in [1.54, 1.807) is 38.3 Å². The normalized spacial score (nSPS) is 16.4. The summed E-state index contributed by atoms with van der Waals surface area (Å²) in [5, 5.41) is 4.62. The van der Waals surface area contributed by atoms with Crippen LogP contribution in [-0.2, 0) is 16.1 Å². The summed E-state index contributed by atoms with van der Waals surface area (Å²) in [6.07, 6.45) is 0.424. The molecule has 2 N–H and O–H groups in total. The first-order valence-electron chi connectivity index (χ1n) is 7.50. The van der Waals surface area contributed by atoms with Crippen LogP contribution in [0.3, 0.4) is 0 Å². The molecule has 1 aromatic rings. The number of carbonyl (C=O) groups is 3. The first-order valence-corrected chi connectivity index (χ1v) is 7.50. The van der Waals surface area contributed by atoms with E-state index in [0.29, 0.717) is 18.0 Å². The Morgan fingerprint density at radius 3 is 2.58 bits per heavy atom. The van der Waals surface area contributed by atoms with E-state index in [1.165, 1.54) is 0 Å². The van der Waals surface area contributed by atoms with Crippen molar-refractivity contribution < 1.29 is 23.9 Å². The number of benzene rings is 1. The zero-order valence-corrected chi connectivity index (χ0v) is 13.9. The minimum absolute atomic E-state index is 0.123. The molecule has 0 spiro atoms. The summed E-state index contributed by atoms with van der Waals surface area (Å²) in [6, 6.07) is 4.23. The highest BCUT2D eigenvalue weighted by Crippen LogP contribution is 2.25. The second kappa shape index (κ2) is 7.67. The van der Waals surface area contributed by atoms with Gasteiger partial charge in [-0.25, -0.2) is 4.79 Å². The molecule has 1 aliphatic rings. The maximum Gasteiger partial charge on any atom is 0.322 e. The molecule has 0 bridgehead atoms. The average Bonchev–Trinajstić information content (AvgIpc) is 2.90. The van der Waals surface area contributed by atoms with Crippen molar-refractivity contribution >= 4 is 17.8 Å². The van der Waals surface area contributed by atoms with Crippen LogP contribution in [0.25, 0.3) is 0 Å². The fourth-order valence-electron chi connectivity index (χ4n) is 2.45. The van der Waals surface area contributed by atoms with Crippen LogP contribution < -0.4 is 20.1 Å². The fourth-order valence-corrected chi connectivity index (χ4v) is 2.45. The van der Waals surface area contributed by atoms with E-state index in [0.717, 1.165) is 5.56 Å². The van der Waals surface area contributed by atoms with Gasteiger partial charge in [-0.3, -0.25) is 14.9 Å². The number of carbonyl (C=O) groups excluding carboxylic acids is 3. The number of hydrogen-bond donors (Lipinski definition) is 2. The molecule has 1 unspecified atom stereocenters. The molecule has 8 heteroatoms. The molecule has 0 radical (unpaired) electrons. The Morgan fingerprint density at radius 2 is 2.00 bits per heavy atom. The van der Waals surface area contributed by atoms with Crippen LogP contribution in [-0.4, -0.2) is 50.1 Å². The number of ether oxygens (including phenoxy) is 2. The molecule has 0 aromatic heterocycles. The first kappa shape index (κ1) is 17.6. The zero-order valence-electron chi connectivity index (χ0n) is 13.9. The van der Waals surface area contributed by atoms with Crippen LogP contribution in [0.15, 0.2) is 18.2 Å². The van der Waals surface area contributed by atoms with Gasteiger partial charge in [0.2, 0.25) is 5.91 Å². The molecule has 0 aliphatic carbocycles. The van der Waals surface area contributed by atoms with Crippen molar-refractivity contribution in [3.63, 3.8) is 0 Å². The van der Waals surface area contributed by atoms with Crippen molar-refractivity contribution in [1.29, 1.82) is 0 Å². The summed E-state index contributed by atoms with van der Waals surface area (Å²) in [5.41, 5.74) is 0.848. The number of hydrogen-bond acceptors (Lipinski definition) is 5. The van der Waals surface area contributed by atoms with Crippen LogP contribution in [0.5, 0.6) is 11.5 Å². The lowest BCUT2D eigenvalue weighted by Gasteiger charge is -2.20. The van der Waals surface area contributed by atoms with E-state index < -0.39 is 18.0 Å². The predicted octanol–water partition coefficient (Wildman–Crippen LogP) is 0.650. The largest absolute Gasteiger partial charge is 0.497 e. The summed E-state index contributed by atoms with van der Waals surface area (Å²) in [6.45, 7) is 0.370. The van der Waals surface area contributed by atoms with Gasteiger partial charge >= 0.3 is 6.03 Å². The minimum atomic E-state index is -0.648. The number of urea groups is 1. The van der Waals surface area contributed by atoms with Gasteiger partial charge in [0.25, 0.3) is 5.91 Å². The van der Waals surface area contributed by atoms with Crippen molar-refractivity contribution in [2.45, 2.75) is 25.4 Å². The Hall–Kier alpha value is -2.77. The molecular weight excluding hydrogens is 314 g/mol. The van der Waals surface area contributed by atoms with E-state index >= 15 is 0 Å². The van der Waals surface area contributed by atoms with E-state index in [-0.39, 0.29) is 18.7 Å². The maximum atomic E-state index is 12.2. The van der Waals surface area contributed by atoms with Gasteiger partial charge in [0.1, 0.15) is 17.5 Å². The Bertz CT molecular complexity index is 647. The highest BCUT2D eigenvalue weighted by molar-refractivity contribution is 6.04. The Kier molecular flexibility index (Phi) is 5.62. The van der Waals surface area contributed by atoms with E-state index in [4.69, 9.17) is 9.47 Å². The molecule has 1 atom stereocenters. The lowest BCUT2D eigenvalue weighted by Crippen LogP contribution is -2.32. The topological polar surface area (TPSA) is 97.0 Å². The van der Waals surface area contributed by atoms with Crippen molar-refractivity contribution in [3.8, 4) is 11.5 Å². The Balaban J connectivity index is 1.92. The quantitative estimate of drug-likeness (QED) is 0.713. The summed E-state index contributed by atoms with van der Waals surface area (Å²) in [4.78, 5) is 36.3. The number of nitrogens with one attached hydrogen (secondary N) is 2. The number of imide groups is 1. The Labute approximate surface area is 140 Å². The van der Waals surface area contributed by atoms with Gasteiger partial charge in [0, 0.05) is 31.6 Å². The molecule has 1 fully saturated rings. The highest BCUT2D eigenvalue weighted by Gasteiger charge is 2.29. The van der Waals surface area contributed by atoms with Crippen molar-refractivity contribution in [2.75, 3.05) is 21.3 Å². The molecule has 2 rings (SSSR count). The van der Waals surface area contributed by atoms with Gasteiger partial charge in [-0.2, -0.15) is 0 Å². The summed E-state index contributed by atoms with van der Waals surface area (Å²) in [7, 11) is 4.81. The number of amides is 4. The molecular formula is C16H21N3O5. The molecule has 1 aliphatic heterocycles. The SMILES string of the molecule is COc1ccc(CN(C)C(=O)CCC2NC(=O)NC2=O)c(OC)c1. The minimum Gasteiger partial charge on any atom is -0.497 e. The van der Waals surface area contributed by atoms with Gasteiger partial charge < -0.3 is 19.7 Å². The number of methoxy groups -OCH3 is 2. The lowest BCUT2D eigenvalue weighted by atomic mass is 10.1. The van der Waals surface area contributed by atoms with Gasteiger partial charge in [-0.15, -0.1) is 0 Å². The van der Waals surface area contributed by atoms with Gasteiger partial charge in [0.05, 0.1) is 14.2 Å². The van der Waals surface area contributed by atoms with E-state index in [9.17, 15) is 14.4 Å². The molecule has 1 heterocycles. The van der Waals surface area contributed by atoms with Crippen LogP contribution in [0, 0.1) is 0 Å².